The van der Waals surface area contributed by atoms with Crippen LogP contribution in [0.3, 0.4) is 0 Å². The molecule has 1 aromatic carbocycles. The molecule has 0 aliphatic heterocycles. The molecule has 0 fully saturated rings. The number of hydrogen-bond acceptors (Lipinski definition) is 2. The normalized spacial score (nSPS) is 10.0. The molecule has 17 heavy (non-hydrogen) atoms. The molecule has 1 aromatic rings. The Morgan fingerprint density at radius 1 is 1.18 bits per heavy atom. The van der Waals surface area contributed by atoms with E-state index in [0.717, 1.165) is 13.0 Å². The Hall–Kier alpha value is -1.44. The molecule has 2 nitrogen and oxygen atoms in total. The second-order valence-electron chi connectivity index (χ2n) is 4.48. The van der Waals surface area contributed by atoms with Gasteiger partial charge in [-0.3, -0.25) is 0 Å². The molecule has 0 heterocycles. The first-order chi connectivity index (χ1) is 8.25. The average molecular weight is 232 g/mol. The molecule has 2 heteroatoms. The summed E-state index contributed by atoms with van der Waals surface area (Å²) in [5.74, 6) is 0. The lowest BCUT2D eigenvalue weighted by molar-refractivity contribution is 0.708. The van der Waals surface area contributed by atoms with Crippen LogP contribution >= 0.6 is 0 Å². The number of rotatable bonds is 8. The summed E-state index contributed by atoms with van der Waals surface area (Å²) in [5, 5.41) is 3.50. The van der Waals surface area contributed by atoms with Crippen molar-refractivity contribution in [1.29, 1.82) is 0 Å². The van der Waals surface area contributed by atoms with Gasteiger partial charge in [-0.1, -0.05) is 24.6 Å². The number of nitrogens with zero attached hydrogens (tertiary/aromatic N) is 1. The summed E-state index contributed by atoms with van der Waals surface area (Å²) in [6.07, 6.45) is 6.86. The average Bonchev–Trinajstić information content (AvgIpc) is 2.34. The largest absolute Gasteiger partial charge is 0.383 e. The Labute approximate surface area is 105 Å². The number of benzene rings is 1. The summed E-state index contributed by atoms with van der Waals surface area (Å²) in [5.41, 5.74) is 2.47. The smallest absolute Gasteiger partial charge is 0.0596 e. The van der Waals surface area contributed by atoms with Crippen molar-refractivity contribution in [3.05, 3.63) is 36.9 Å². The van der Waals surface area contributed by atoms with Gasteiger partial charge < -0.3 is 10.2 Å². The fourth-order valence-corrected chi connectivity index (χ4v) is 1.83. The minimum atomic E-state index is 1.04. The Morgan fingerprint density at radius 3 is 2.65 bits per heavy atom. The van der Waals surface area contributed by atoms with Gasteiger partial charge in [0.15, 0.2) is 0 Å². The molecule has 0 saturated carbocycles. The Balaban J connectivity index is 2.33. The third-order valence-corrected chi connectivity index (χ3v) is 2.79. The highest BCUT2D eigenvalue weighted by Crippen LogP contribution is 2.23. The highest BCUT2D eigenvalue weighted by molar-refractivity contribution is 5.69. The predicted molar refractivity (Wildman–Crippen MR) is 77.9 cm³/mol. The van der Waals surface area contributed by atoms with Crippen molar-refractivity contribution in [3.63, 3.8) is 0 Å². The summed E-state index contributed by atoms with van der Waals surface area (Å²) in [6.45, 7) is 4.78. The van der Waals surface area contributed by atoms with E-state index < -0.39 is 0 Å². The van der Waals surface area contributed by atoms with Gasteiger partial charge in [-0.15, -0.1) is 6.58 Å². The van der Waals surface area contributed by atoms with Crippen LogP contribution in [-0.4, -0.2) is 20.6 Å². The molecule has 0 unspecified atom stereocenters. The zero-order chi connectivity index (χ0) is 12.5. The summed E-state index contributed by atoms with van der Waals surface area (Å²) >= 11 is 0. The van der Waals surface area contributed by atoms with E-state index in [1.165, 1.54) is 30.6 Å². The van der Waals surface area contributed by atoms with E-state index in [-0.39, 0.29) is 0 Å². The number of para-hydroxylation sites is 2. The quantitative estimate of drug-likeness (QED) is 0.540. The SMILES string of the molecule is C=CCCCCCNc1ccccc1N(C)C. The Kier molecular flexibility index (Phi) is 6.23. The summed E-state index contributed by atoms with van der Waals surface area (Å²) < 4.78 is 0. The maximum Gasteiger partial charge on any atom is 0.0596 e. The van der Waals surface area contributed by atoms with Crippen LogP contribution < -0.4 is 10.2 Å². The second-order valence-corrected chi connectivity index (χ2v) is 4.48. The summed E-state index contributed by atoms with van der Waals surface area (Å²) in [6, 6.07) is 8.43. The zero-order valence-corrected chi connectivity index (χ0v) is 11.1. The first kappa shape index (κ1) is 13.6. The van der Waals surface area contributed by atoms with Crippen molar-refractivity contribution in [2.24, 2.45) is 0 Å². The minimum absolute atomic E-state index is 1.04. The zero-order valence-electron chi connectivity index (χ0n) is 11.1. The maximum atomic E-state index is 3.74. The number of nitrogens with one attached hydrogen (secondary N) is 1. The van der Waals surface area contributed by atoms with Crippen LogP contribution in [0, 0.1) is 0 Å². The van der Waals surface area contributed by atoms with Crippen LogP contribution in [0.5, 0.6) is 0 Å². The maximum absolute atomic E-state index is 3.74. The molecule has 0 amide bonds. The van der Waals surface area contributed by atoms with Gasteiger partial charge in [0.1, 0.15) is 0 Å². The Morgan fingerprint density at radius 2 is 1.94 bits per heavy atom. The number of unbranched alkanes of at least 4 members (excludes halogenated alkanes) is 3. The van der Waals surface area contributed by atoms with Gasteiger partial charge in [0.05, 0.1) is 11.4 Å². The van der Waals surface area contributed by atoms with Crippen molar-refractivity contribution >= 4 is 11.4 Å². The van der Waals surface area contributed by atoms with Crippen molar-refractivity contribution in [3.8, 4) is 0 Å². The summed E-state index contributed by atoms with van der Waals surface area (Å²) in [7, 11) is 4.15. The van der Waals surface area contributed by atoms with Gasteiger partial charge in [0, 0.05) is 20.6 Å². The molecule has 1 N–H and O–H groups in total. The molecule has 0 saturated heterocycles. The highest BCUT2D eigenvalue weighted by atomic mass is 15.1. The minimum Gasteiger partial charge on any atom is -0.383 e. The van der Waals surface area contributed by atoms with Crippen LogP contribution in [-0.2, 0) is 0 Å². The lowest BCUT2D eigenvalue weighted by atomic mass is 10.2. The van der Waals surface area contributed by atoms with E-state index in [1.54, 1.807) is 0 Å². The molecule has 1 rings (SSSR count). The molecule has 0 aromatic heterocycles. The van der Waals surface area contributed by atoms with Gasteiger partial charge >= 0.3 is 0 Å². The molecule has 94 valence electrons. The first-order valence-corrected chi connectivity index (χ1v) is 6.37. The molecule has 0 radical (unpaired) electrons. The lowest BCUT2D eigenvalue weighted by Crippen LogP contribution is -2.12. The standard InChI is InChI=1S/C15H24N2/c1-4-5-6-7-10-13-16-14-11-8-9-12-15(14)17(2)3/h4,8-9,11-12,16H,1,5-7,10,13H2,2-3H3. The van der Waals surface area contributed by atoms with Crippen molar-refractivity contribution < 1.29 is 0 Å². The van der Waals surface area contributed by atoms with Crippen LogP contribution in [0.15, 0.2) is 36.9 Å². The van der Waals surface area contributed by atoms with Gasteiger partial charge in [-0.2, -0.15) is 0 Å². The van der Waals surface area contributed by atoms with E-state index in [0.29, 0.717) is 0 Å². The van der Waals surface area contributed by atoms with Crippen LogP contribution in [0.1, 0.15) is 25.7 Å². The van der Waals surface area contributed by atoms with Gasteiger partial charge in [0.2, 0.25) is 0 Å². The third kappa shape index (κ3) is 4.94. The lowest BCUT2D eigenvalue weighted by Gasteiger charge is -2.18. The third-order valence-electron chi connectivity index (χ3n) is 2.79. The summed E-state index contributed by atoms with van der Waals surface area (Å²) in [4.78, 5) is 2.14. The van der Waals surface area contributed by atoms with E-state index in [4.69, 9.17) is 0 Å². The first-order valence-electron chi connectivity index (χ1n) is 6.37. The van der Waals surface area contributed by atoms with Crippen molar-refractivity contribution in [2.45, 2.75) is 25.7 Å². The van der Waals surface area contributed by atoms with E-state index >= 15 is 0 Å². The van der Waals surface area contributed by atoms with Crippen LogP contribution in [0.4, 0.5) is 11.4 Å². The van der Waals surface area contributed by atoms with Crippen molar-refractivity contribution in [1.82, 2.24) is 0 Å². The van der Waals surface area contributed by atoms with E-state index in [1.807, 2.05) is 6.08 Å². The molecular weight excluding hydrogens is 208 g/mol. The highest BCUT2D eigenvalue weighted by Gasteiger charge is 2.01. The molecule has 0 aliphatic rings. The molecule has 0 bridgehead atoms. The molecular formula is C15H24N2. The molecule has 0 spiro atoms. The number of allylic oxidation sites excluding steroid dienone is 1. The van der Waals surface area contributed by atoms with Crippen molar-refractivity contribution in [2.75, 3.05) is 30.9 Å². The van der Waals surface area contributed by atoms with Crippen LogP contribution in [0.2, 0.25) is 0 Å². The fraction of sp³-hybridized carbons (Fsp3) is 0.467. The number of anilines is 2. The van der Waals surface area contributed by atoms with Gasteiger partial charge in [-0.05, 0) is 31.4 Å². The second kappa shape index (κ2) is 7.77. The van der Waals surface area contributed by atoms with Gasteiger partial charge in [0.25, 0.3) is 0 Å². The van der Waals surface area contributed by atoms with E-state index in [9.17, 15) is 0 Å². The molecule has 0 aliphatic carbocycles. The topological polar surface area (TPSA) is 15.3 Å². The fourth-order valence-electron chi connectivity index (χ4n) is 1.83. The van der Waals surface area contributed by atoms with Gasteiger partial charge in [-0.25, -0.2) is 0 Å². The van der Waals surface area contributed by atoms with Crippen LogP contribution in [0.25, 0.3) is 0 Å². The predicted octanol–water partition coefficient (Wildman–Crippen LogP) is 3.91. The Bertz CT molecular complexity index is 331. The van der Waals surface area contributed by atoms with E-state index in [2.05, 4.69) is 55.2 Å². The monoisotopic (exact) mass is 232 g/mol. The number of hydrogen-bond donors (Lipinski definition) is 1. The molecule has 0 atom stereocenters.